The number of aryl methyl sites for hydroxylation is 1. The molecular formula is C26H29N7O2S. The number of hydrogen-bond acceptors (Lipinski definition) is 6. The standard InChI is InChI=1S/C26H29N7O2S/c1-19-22(16-29-33(19)21-6-3-2-4-7-21)26(35)32-13-8-20(9-14-32)25-30-23(17-36-25)24(34)28-10-5-12-31-15-11-27-18-31/h2-4,6-7,11,15-18,20H,5,8-10,12-14H2,1H3,(H,28,34). The third-order valence-electron chi connectivity index (χ3n) is 6.56. The highest BCUT2D eigenvalue weighted by Crippen LogP contribution is 2.31. The molecule has 1 aliphatic rings. The number of carbonyl (C=O) groups is 2. The second-order valence-electron chi connectivity index (χ2n) is 8.94. The molecule has 4 heterocycles. The second kappa shape index (κ2) is 10.9. The first-order valence-corrected chi connectivity index (χ1v) is 13.1. The number of nitrogens with one attached hydrogen (secondary N) is 1. The Hall–Kier alpha value is -3.79. The van der Waals surface area contributed by atoms with Gasteiger partial charge >= 0.3 is 0 Å². The van der Waals surface area contributed by atoms with Gasteiger partial charge in [-0.05, 0) is 38.3 Å². The van der Waals surface area contributed by atoms with Crippen molar-refractivity contribution in [1.29, 1.82) is 0 Å². The molecule has 0 aliphatic carbocycles. The van der Waals surface area contributed by atoms with Crippen LogP contribution in [0, 0.1) is 6.92 Å². The minimum absolute atomic E-state index is 0.0167. The van der Waals surface area contributed by atoms with Crippen molar-refractivity contribution in [2.75, 3.05) is 19.6 Å². The van der Waals surface area contributed by atoms with Crippen LogP contribution in [0.25, 0.3) is 5.69 Å². The topological polar surface area (TPSA) is 97.9 Å². The van der Waals surface area contributed by atoms with E-state index in [-0.39, 0.29) is 17.7 Å². The van der Waals surface area contributed by atoms with Crippen LogP contribution in [0.2, 0.25) is 0 Å². The Balaban J connectivity index is 1.12. The zero-order valence-corrected chi connectivity index (χ0v) is 21.0. The van der Waals surface area contributed by atoms with E-state index in [0.29, 0.717) is 30.9 Å². The molecule has 1 aliphatic heterocycles. The van der Waals surface area contributed by atoms with E-state index in [1.165, 1.54) is 11.3 Å². The van der Waals surface area contributed by atoms with Gasteiger partial charge in [0.2, 0.25) is 0 Å². The van der Waals surface area contributed by atoms with Gasteiger partial charge in [0, 0.05) is 49.9 Å². The molecule has 0 bridgehead atoms. The third kappa shape index (κ3) is 5.23. The third-order valence-corrected chi connectivity index (χ3v) is 7.57. The van der Waals surface area contributed by atoms with Crippen LogP contribution < -0.4 is 5.32 Å². The molecule has 1 aromatic carbocycles. The Kier molecular flexibility index (Phi) is 7.22. The SMILES string of the molecule is Cc1c(C(=O)N2CCC(c3nc(C(=O)NCCCn4ccnc4)cs3)CC2)cnn1-c1ccccc1. The van der Waals surface area contributed by atoms with Crippen molar-refractivity contribution in [3.63, 3.8) is 0 Å². The molecule has 1 N–H and O–H groups in total. The molecule has 4 aromatic rings. The first kappa shape index (κ1) is 23.9. The van der Waals surface area contributed by atoms with Crippen LogP contribution in [0.15, 0.2) is 60.6 Å². The van der Waals surface area contributed by atoms with Gasteiger partial charge in [-0.15, -0.1) is 11.3 Å². The number of piperidine rings is 1. The van der Waals surface area contributed by atoms with Crippen molar-refractivity contribution < 1.29 is 9.59 Å². The van der Waals surface area contributed by atoms with E-state index < -0.39 is 0 Å². The van der Waals surface area contributed by atoms with Crippen molar-refractivity contribution in [2.45, 2.75) is 38.6 Å². The fourth-order valence-corrected chi connectivity index (χ4v) is 5.47. The lowest BCUT2D eigenvalue weighted by molar-refractivity contribution is 0.0712. The van der Waals surface area contributed by atoms with Crippen molar-refractivity contribution in [3.8, 4) is 5.69 Å². The smallest absolute Gasteiger partial charge is 0.270 e. The summed E-state index contributed by atoms with van der Waals surface area (Å²) in [5, 5.41) is 10.2. The van der Waals surface area contributed by atoms with E-state index in [0.717, 1.165) is 42.2 Å². The first-order valence-electron chi connectivity index (χ1n) is 12.2. The highest BCUT2D eigenvalue weighted by Gasteiger charge is 2.28. The van der Waals surface area contributed by atoms with Crippen LogP contribution in [0.4, 0.5) is 0 Å². The molecule has 186 valence electrons. The lowest BCUT2D eigenvalue weighted by atomic mass is 9.97. The molecule has 9 nitrogen and oxygen atoms in total. The fraction of sp³-hybridized carbons (Fsp3) is 0.346. The quantitative estimate of drug-likeness (QED) is 0.370. The Morgan fingerprint density at radius 3 is 2.72 bits per heavy atom. The minimum atomic E-state index is -0.137. The largest absolute Gasteiger partial charge is 0.351 e. The van der Waals surface area contributed by atoms with E-state index in [1.54, 1.807) is 23.4 Å². The van der Waals surface area contributed by atoms with Gasteiger partial charge in [0.05, 0.1) is 34.5 Å². The summed E-state index contributed by atoms with van der Waals surface area (Å²) in [6.07, 6.45) is 9.58. The molecule has 1 saturated heterocycles. The van der Waals surface area contributed by atoms with Crippen LogP contribution in [-0.4, -0.2) is 60.7 Å². The average Bonchev–Trinajstić information content (AvgIpc) is 3.68. The van der Waals surface area contributed by atoms with Gasteiger partial charge in [0.15, 0.2) is 0 Å². The van der Waals surface area contributed by atoms with Crippen molar-refractivity contribution in [2.24, 2.45) is 0 Å². The van der Waals surface area contributed by atoms with Crippen LogP contribution in [0.1, 0.15) is 56.7 Å². The van der Waals surface area contributed by atoms with E-state index >= 15 is 0 Å². The van der Waals surface area contributed by atoms with E-state index in [9.17, 15) is 9.59 Å². The molecule has 2 amide bonds. The van der Waals surface area contributed by atoms with Gasteiger partial charge in [-0.25, -0.2) is 14.6 Å². The maximum absolute atomic E-state index is 13.2. The van der Waals surface area contributed by atoms with Gasteiger partial charge < -0.3 is 14.8 Å². The van der Waals surface area contributed by atoms with Crippen LogP contribution >= 0.6 is 11.3 Å². The number of imidazole rings is 1. The summed E-state index contributed by atoms with van der Waals surface area (Å²) in [5.74, 6) is 0.139. The second-order valence-corrected chi connectivity index (χ2v) is 9.83. The zero-order chi connectivity index (χ0) is 24.9. The molecule has 1 fully saturated rings. The van der Waals surface area contributed by atoms with Gasteiger partial charge in [-0.2, -0.15) is 5.10 Å². The number of nitrogens with zero attached hydrogens (tertiary/aromatic N) is 6. The zero-order valence-electron chi connectivity index (χ0n) is 20.2. The Labute approximate surface area is 213 Å². The summed E-state index contributed by atoms with van der Waals surface area (Å²) in [5.41, 5.74) is 2.89. The summed E-state index contributed by atoms with van der Waals surface area (Å²) in [4.78, 5) is 36.2. The number of amides is 2. The number of para-hydroxylation sites is 1. The fourth-order valence-electron chi connectivity index (χ4n) is 4.50. The van der Waals surface area contributed by atoms with Crippen LogP contribution in [0.5, 0.6) is 0 Å². The normalized spacial score (nSPS) is 14.2. The maximum atomic E-state index is 13.2. The summed E-state index contributed by atoms with van der Waals surface area (Å²) in [7, 11) is 0. The number of thiazole rings is 1. The van der Waals surface area contributed by atoms with E-state index in [4.69, 9.17) is 0 Å². The lowest BCUT2D eigenvalue weighted by Gasteiger charge is -2.31. The molecule has 0 unspecified atom stereocenters. The minimum Gasteiger partial charge on any atom is -0.351 e. The maximum Gasteiger partial charge on any atom is 0.270 e. The highest BCUT2D eigenvalue weighted by molar-refractivity contribution is 7.09. The van der Waals surface area contributed by atoms with Gasteiger partial charge in [-0.1, -0.05) is 18.2 Å². The molecule has 0 atom stereocenters. The molecule has 0 spiro atoms. The van der Waals surface area contributed by atoms with E-state index in [2.05, 4.69) is 20.4 Å². The summed E-state index contributed by atoms with van der Waals surface area (Å²) < 4.78 is 3.79. The highest BCUT2D eigenvalue weighted by atomic mass is 32.1. The molecular weight excluding hydrogens is 474 g/mol. The van der Waals surface area contributed by atoms with Gasteiger partial charge in [0.25, 0.3) is 11.8 Å². The van der Waals surface area contributed by atoms with Crippen LogP contribution in [-0.2, 0) is 6.54 Å². The van der Waals surface area contributed by atoms with Crippen LogP contribution in [0.3, 0.4) is 0 Å². The van der Waals surface area contributed by atoms with E-state index in [1.807, 2.05) is 58.3 Å². The first-order chi connectivity index (χ1) is 17.6. The molecule has 3 aromatic heterocycles. The summed E-state index contributed by atoms with van der Waals surface area (Å²) >= 11 is 1.53. The number of likely N-dealkylation sites (tertiary alicyclic amines) is 1. The molecule has 0 radical (unpaired) electrons. The summed E-state index contributed by atoms with van der Waals surface area (Å²) in [6.45, 7) is 4.65. The monoisotopic (exact) mass is 503 g/mol. The van der Waals surface area contributed by atoms with Crippen molar-refractivity contribution in [1.82, 2.24) is 34.5 Å². The van der Waals surface area contributed by atoms with Gasteiger partial charge in [0.1, 0.15) is 5.69 Å². The number of rotatable bonds is 8. The predicted molar refractivity (Wildman–Crippen MR) is 137 cm³/mol. The Bertz CT molecular complexity index is 1310. The lowest BCUT2D eigenvalue weighted by Crippen LogP contribution is -2.38. The number of aromatic nitrogens is 5. The number of hydrogen-bond donors (Lipinski definition) is 1. The average molecular weight is 504 g/mol. The molecule has 0 saturated carbocycles. The van der Waals surface area contributed by atoms with Crippen molar-refractivity contribution >= 4 is 23.2 Å². The molecule has 36 heavy (non-hydrogen) atoms. The molecule has 10 heteroatoms. The van der Waals surface area contributed by atoms with Gasteiger partial charge in [-0.3, -0.25) is 9.59 Å². The number of benzene rings is 1. The van der Waals surface area contributed by atoms with Crippen molar-refractivity contribution in [3.05, 3.63) is 82.6 Å². The summed E-state index contributed by atoms with van der Waals surface area (Å²) in [6, 6.07) is 9.83. The Morgan fingerprint density at radius 1 is 1.17 bits per heavy atom. The predicted octanol–water partition coefficient (Wildman–Crippen LogP) is 3.67. The molecule has 5 rings (SSSR count). The Morgan fingerprint density at radius 2 is 1.97 bits per heavy atom. The number of carbonyl (C=O) groups excluding carboxylic acids is 2.